The summed E-state index contributed by atoms with van der Waals surface area (Å²) in [7, 11) is 3.77. The Morgan fingerprint density at radius 3 is 2.35 bits per heavy atom. The normalized spacial score (nSPS) is 15.9. The summed E-state index contributed by atoms with van der Waals surface area (Å²) in [5.74, 6) is 1.60. The Hall–Kier alpha value is -3.81. The maximum absolute atomic E-state index is 13.0. The summed E-state index contributed by atoms with van der Waals surface area (Å²) in [6.07, 6.45) is 28.3. The minimum Gasteiger partial charge on any atom is -0.384 e. The summed E-state index contributed by atoms with van der Waals surface area (Å²) < 4.78 is 6.86. The Kier molecular flexibility index (Phi) is 16.5. The van der Waals surface area contributed by atoms with E-state index >= 15 is 0 Å². The Labute approximate surface area is 295 Å². The Morgan fingerprint density at radius 2 is 1.71 bits per heavy atom. The molecule has 3 aliphatic rings. The van der Waals surface area contributed by atoms with Crippen LogP contribution in [0.4, 0.5) is 5.69 Å². The Morgan fingerprint density at radius 1 is 0.980 bits per heavy atom. The van der Waals surface area contributed by atoms with Crippen molar-refractivity contribution in [2.75, 3.05) is 32.6 Å². The first kappa shape index (κ1) is 38.0. The zero-order chi connectivity index (χ0) is 34.7. The third kappa shape index (κ3) is 12.5. The van der Waals surface area contributed by atoms with Crippen LogP contribution in [0.3, 0.4) is 0 Å². The van der Waals surface area contributed by atoms with Crippen LogP contribution in [0.1, 0.15) is 102 Å². The number of pyridine rings is 1. The van der Waals surface area contributed by atoms with E-state index < -0.39 is 0 Å². The first-order valence-electron chi connectivity index (χ1n) is 18.5. The molecule has 0 radical (unpaired) electrons. The van der Waals surface area contributed by atoms with Gasteiger partial charge in [0.25, 0.3) is 5.56 Å². The number of nitrogens with zero attached hydrogens (tertiary/aromatic N) is 3. The highest BCUT2D eigenvalue weighted by atomic mass is 16.5. The summed E-state index contributed by atoms with van der Waals surface area (Å²) in [6.45, 7) is 6.84. The molecule has 0 spiro atoms. The average Bonchev–Trinajstić information content (AvgIpc) is 3.07. The number of benzene rings is 1. The molecule has 7 heteroatoms. The van der Waals surface area contributed by atoms with Gasteiger partial charge in [-0.25, -0.2) is 4.98 Å². The number of hydrogen-bond acceptors (Lipinski definition) is 6. The van der Waals surface area contributed by atoms with Crippen molar-refractivity contribution in [1.82, 2.24) is 19.9 Å². The summed E-state index contributed by atoms with van der Waals surface area (Å²) in [4.78, 5) is 21.8. The number of nitrogens with one attached hydrogen (secondary N) is 2. The van der Waals surface area contributed by atoms with Crippen molar-refractivity contribution in [3.63, 3.8) is 0 Å². The fraction of sp³-hybridized carbons (Fsp3) is 0.500. The van der Waals surface area contributed by atoms with Gasteiger partial charge in [-0.3, -0.25) is 14.3 Å². The number of aromatic nitrogens is 3. The zero-order valence-electron chi connectivity index (χ0n) is 30.5. The van der Waals surface area contributed by atoms with E-state index in [0.717, 1.165) is 62.6 Å². The molecular weight excluding hydrogens is 606 g/mol. The lowest BCUT2D eigenvalue weighted by Crippen LogP contribution is -2.25. The number of allylic oxidation sites excluding steroid dienone is 3. The lowest BCUT2D eigenvalue weighted by atomic mass is 9.90. The molecule has 0 amide bonds. The molecule has 6 rings (SSSR count). The third-order valence-electron chi connectivity index (χ3n) is 9.52. The number of likely N-dealkylation sites (N-methyl/N-ethyl adjacent to an activating group) is 1. The van der Waals surface area contributed by atoms with E-state index in [4.69, 9.17) is 4.74 Å². The molecule has 0 bridgehead atoms. The Balaban J connectivity index is 0.000000191. The van der Waals surface area contributed by atoms with Gasteiger partial charge in [0, 0.05) is 51.0 Å². The number of rotatable bonds is 12. The second-order valence-electron chi connectivity index (χ2n) is 13.6. The van der Waals surface area contributed by atoms with Crippen molar-refractivity contribution >= 4 is 11.8 Å². The summed E-state index contributed by atoms with van der Waals surface area (Å²) in [6, 6.07) is 12.0. The van der Waals surface area contributed by atoms with Gasteiger partial charge in [-0.15, -0.1) is 0 Å². The maximum Gasteiger partial charge on any atom is 0.277 e. The van der Waals surface area contributed by atoms with Crippen molar-refractivity contribution < 1.29 is 4.74 Å². The van der Waals surface area contributed by atoms with Crippen LogP contribution in [0.15, 0.2) is 88.8 Å². The van der Waals surface area contributed by atoms with E-state index in [1.54, 1.807) is 17.9 Å². The molecule has 3 aromatic rings. The van der Waals surface area contributed by atoms with Gasteiger partial charge in [0.05, 0.1) is 6.20 Å². The standard InChI is InChI=1S/C21H23N3O.C13H20N2.C8H16O/c25-21-19(22-14-17-8-5-9-17)15-23-20(18-10-2-1-3-11-18)24(21)13-12-16-6-4-7-16;1-4-5-12-6-7-15-10-13(12)8-11(2)9-14-3;1-9-7-8-5-3-2-4-6-8/h1-3,10-12,14-15,22H,4-9,13H2;6-8,10,14H,4-5,9H2,1-3H3;8H,2-7H2,1H3/b;11-8+;. The van der Waals surface area contributed by atoms with Crippen molar-refractivity contribution in [3.8, 4) is 11.4 Å². The first-order valence-corrected chi connectivity index (χ1v) is 18.5. The van der Waals surface area contributed by atoms with E-state index in [2.05, 4.69) is 52.7 Å². The van der Waals surface area contributed by atoms with E-state index in [-0.39, 0.29) is 5.56 Å². The minimum atomic E-state index is -0.0128. The van der Waals surface area contributed by atoms with Gasteiger partial charge in [0.1, 0.15) is 11.5 Å². The Bertz CT molecular complexity index is 1550. The zero-order valence-corrected chi connectivity index (χ0v) is 30.5. The van der Waals surface area contributed by atoms with E-state index in [1.165, 1.54) is 79.2 Å². The van der Waals surface area contributed by atoms with Gasteiger partial charge in [0.2, 0.25) is 0 Å². The summed E-state index contributed by atoms with van der Waals surface area (Å²) >= 11 is 0. The van der Waals surface area contributed by atoms with Crippen LogP contribution < -0.4 is 16.2 Å². The molecular formula is C42H59N5O2. The predicted octanol–water partition coefficient (Wildman–Crippen LogP) is 9.37. The van der Waals surface area contributed by atoms with Crippen LogP contribution >= 0.6 is 0 Å². The second kappa shape index (κ2) is 21.3. The highest BCUT2D eigenvalue weighted by Gasteiger charge is 2.14. The molecule has 3 aliphatic carbocycles. The molecule has 49 heavy (non-hydrogen) atoms. The van der Waals surface area contributed by atoms with Crippen molar-refractivity contribution in [2.24, 2.45) is 5.92 Å². The largest absolute Gasteiger partial charge is 0.384 e. The molecule has 0 saturated heterocycles. The molecule has 1 aromatic carbocycles. The van der Waals surface area contributed by atoms with Gasteiger partial charge in [0.15, 0.2) is 0 Å². The van der Waals surface area contributed by atoms with E-state index in [9.17, 15) is 4.79 Å². The number of hydrogen-bond donors (Lipinski definition) is 2. The topological polar surface area (TPSA) is 81.1 Å². The number of methoxy groups -OCH3 is 1. The lowest BCUT2D eigenvalue weighted by Gasteiger charge is -2.19. The van der Waals surface area contributed by atoms with Crippen LogP contribution in [0.25, 0.3) is 17.5 Å². The van der Waals surface area contributed by atoms with Crippen molar-refractivity contribution in [1.29, 1.82) is 0 Å². The molecule has 0 aliphatic heterocycles. The molecule has 0 unspecified atom stereocenters. The molecule has 2 N–H and O–H groups in total. The molecule has 7 nitrogen and oxygen atoms in total. The number of aryl methyl sites for hydroxylation is 1. The van der Waals surface area contributed by atoms with Crippen LogP contribution in [0.5, 0.6) is 0 Å². The average molecular weight is 666 g/mol. The van der Waals surface area contributed by atoms with E-state index in [0.29, 0.717) is 12.2 Å². The maximum atomic E-state index is 13.0. The SMILES string of the molecule is CCCc1ccncc1/C=C(\C)CNC.COCC1CCCCC1.O=c1c(NC=C2CCC2)cnc(-c2ccccc2)n1CC=C1CCC1. The smallest absolute Gasteiger partial charge is 0.277 e. The molecule has 3 fully saturated rings. The van der Waals surface area contributed by atoms with Crippen LogP contribution in [-0.2, 0) is 17.7 Å². The minimum absolute atomic E-state index is 0.0128. The predicted molar refractivity (Wildman–Crippen MR) is 206 cm³/mol. The molecule has 264 valence electrons. The number of ether oxygens (including phenoxy) is 1. The van der Waals surface area contributed by atoms with Crippen molar-refractivity contribution in [2.45, 2.75) is 104 Å². The van der Waals surface area contributed by atoms with Gasteiger partial charge in [-0.05, 0) is 94.9 Å². The van der Waals surface area contributed by atoms with Gasteiger partial charge in [-0.2, -0.15) is 0 Å². The first-order chi connectivity index (χ1) is 24.0. The van der Waals surface area contributed by atoms with Gasteiger partial charge in [-0.1, -0.05) is 91.8 Å². The second-order valence-corrected chi connectivity index (χ2v) is 13.6. The van der Waals surface area contributed by atoms with Crippen LogP contribution in [0.2, 0.25) is 0 Å². The monoisotopic (exact) mass is 665 g/mol. The summed E-state index contributed by atoms with van der Waals surface area (Å²) in [5, 5.41) is 6.32. The molecule has 0 atom stereocenters. The van der Waals surface area contributed by atoms with Crippen LogP contribution in [-0.4, -0.2) is 41.8 Å². The third-order valence-corrected chi connectivity index (χ3v) is 9.52. The van der Waals surface area contributed by atoms with Crippen LogP contribution in [0, 0.1) is 5.92 Å². The van der Waals surface area contributed by atoms with Gasteiger partial charge < -0.3 is 15.4 Å². The number of anilines is 1. The highest BCUT2D eigenvalue weighted by molar-refractivity contribution is 5.57. The molecule has 3 saturated carbocycles. The summed E-state index contributed by atoms with van der Waals surface area (Å²) in [5.41, 5.74) is 8.30. The van der Waals surface area contributed by atoms with E-state index in [1.807, 2.05) is 56.0 Å². The van der Waals surface area contributed by atoms with Crippen molar-refractivity contribution in [3.05, 3.63) is 105 Å². The fourth-order valence-corrected chi connectivity index (χ4v) is 6.34. The fourth-order valence-electron chi connectivity index (χ4n) is 6.34. The lowest BCUT2D eigenvalue weighted by molar-refractivity contribution is 0.131. The molecule has 2 heterocycles. The quantitative estimate of drug-likeness (QED) is 0.188. The highest BCUT2D eigenvalue weighted by Crippen LogP contribution is 2.27. The van der Waals surface area contributed by atoms with Gasteiger partial charge >= 0.3 is 0 Å². The molecule has 2 aromatic heterocycles.